The fourth-order valence-corrected chi connectivity index (χ4v) is 2.25. The number of esters is 2. The van der Waals surface area contributed by atoms with Gasteiger partial charge in [-0.2, -0.15) is 0 Å². The van der Waals surface area contributed by atoms with Gasteiger partial charge in [-0.3, -0.25) is 0 Å². The van der Waals surface area contributed by atoms with E-state index >= 15 is 0 Å². The van der Waals surface area contributed by atoms with E-state index in [1.54, 1.807) is 32.4 Å². The summed E-state index contributed by atoms with van der Waals surface area (Å²) in [5, 5.41) is 7.80. The van der Waals surface area contributed by atoms with Gasteiger partial charge in [-0.15, -0.1) is 5.10 Å². The van der Waals surface area contributed by atoms with E-state index in [4.69, 9.17) is 10.5 Å². The lowest BCUT2D eigenvalue weighted by Crippen LogP contribution is -2.07. The molecule has 34 heavy (non-hydrogen) atoms. The molecule has 3 aromatic rings. The maximum Gasteiger partial charge on any atom is 0.384 e. The van der Waals surface area contributed by atoms with E-state index in [0.717, 1.165) is 11.4 Å². The SMILES string of the molecule is C.C.CC#CC(=O)OCC.CCOC(=O)c1nnn(-c2ccccc2)c1C.Nc1ccccc1. The van der Waals surface area contributed by atoms with E-state index in [0.29, 0.717) is 18.9 Å². The number of benzene rings is 2. The minimum absolute atomic E-state index is 0. The topological polar surface area (TPSA) is 109 Å². The number of nitrogens with zero attached hydrogens (tertiary/aromatic N) is 3. The molecular weight excluding hydrogens is 432 g/mol. The first-order valence-electron chi connectivity index (χ1n) is 9.99. The van der Waals surface area contributed by atoms with Crippen molar-refractivity contribution in [3.63, 3.8) is 0 Å². The Kier molecular flexibility index (Phi) is 17.4. The zero-order valence-electron chi connectivity index (χ0n) is 18.7. The van der Waals surface area contributed by atoms with E-state index in [-0.39, 0.29) is 20.5 Å². The predicted molar refractivity (Wildman–Crippen MR) is 136 cm³/mol. The minimum atomic E-state index is -0.449. The average Bonchev–Trinajstić information content (AvgIpc) is 3.18. The Morgan fingerprint density at radius 3 is 1.91 bits per heavy atom. The molecule has 0 atom stereocenters. The molecular formula is C26H36N4O4. The normalized spacial score (nSPS) is 8.47. The van der Waals surface area contributed by atoms with Gasteiger partial charge in [-0.25, -0.2) is 14.3 Å². The molecule has 0 fully saturated rings. The zero-order valence-corrected chi connectivity index (χ0v) is 18.7. The van der Waals surface area contributed by atoms with Crippen LogP contribution in [0.1, 0.15) is 51.8 Å². The molecule has 0 saturated heterocycles. The summed E-state index contributed by atoms with van der Waals surface area (Å²) in [6.07, 6.45) is 0. The van der Waals surface area contributed by atoms with Gasteiger partial charge in [0.15, 0.2) is 5.69 Å². The average molecular weight is 469 g/mol. The lowest BCUT2D eigenvalue weighted by molar-refractivity contribution is -0.136. The molecule has 1 heterocycles. The lowest BCUT2D eigenvalue weighted by Gasteiger charge is -2.02. The number of aromatic nitrogens is 3. The molecule has 3 rings (SSSR count). The molecule has 8 nitrogen and oxygen atoms in total. The molecule has 0 saturated carbocycles. The van der Waals surface area contributed by atoms with Crippen molar-refractivity contribution in [1.82, 2.24) is 15.0 Å². The monoisotopic (exact) mass is 468 g/mol. The number of ether oxygens (including phenoxy) is 2. The van der Waals surface area contributed by atoms with Gasteiger partial charge in [0.2, 0.25) is 0 Å². The van der Waals surface area contributed by atoms with Gasteiger partial charge >= 0.3 is 11.9 Å². The number of rotatable bonds is 4. The van der Waals surface area contributed by atoms with Gasteiger partial charge in [0.25, 0.3) is 0 Å². The first-order chi connectivity index (χ1) is 15.4. The van der Waals surface area contributed by atoms with Crippen LogP contribution in [0.2, 0.25) is 0 Å². The van der Waals surface area contributed by atoms with Gasteiger partial charge in [0, 0.05) is 11.6 Å². The van der Waals surface area contributed by atoms with Crippen LogP contribution in [-0.4, -0.2) is 40.1 Å². The second-order valence-electron chi connectivity index (χ2n) is 6.00. The zero-order chi connectivity index (χ0) is 23.8. The number of hydrogen-bond donors (Lipinski definition) is 1. The molecule has 0 bridgehead atoms. The lowest BCUT2D eigenvalue weighted by atomic mass is 10.3. The second-order valence-corrected chi connectivity index (χ2v) is 6.00. The van der Waals surface area contributed by atoms with Crippen LogP contribution in [0, 0.1) is 18.8 Å². The molecule has 2 N–H and O–H groups in total. The van der Waals surface area contributed by atoms with Crippen molar-refractivity contribution >= 4 is 17.6 Å². The molecule has 0 aliphatic heterocycles. The molecule has 0 aliphatic carbocycles. The standard InChI is InChI=1S/C12H13N3O2.C6H7N.C6H8O2.2CH4/c1-3-17-12(16)11-9(2)15(14-13-11)10-7-5-4-6-8-10;7-6-4-2-1-3-5-6;1-3-5-6(7)8-4-2;;/h4-8H,3H2,1-2H3;1-5H,7H2;4H2,1-2H3;2*1H4. The quantitative estimate of drug-likeness (QED) is 0.252. The number of carbonyl (C=O) groups is 2. The van der Waals surface area contributed by atoms with Crippen LogP contribution in [0.25, 0.3) is 5.69 Å². The van der Waals surface area contributed by atoms with Crippen LogP contribution in [0.5, 0.6) is 0 Å². The number of para-hydroxylation sites is 2. The van der Waals surface area contributed by atoms with Gasteiger partial charge < -0.3 is 15.2 Å². The highest BCUT2D eigenvalue weighted by Crippen LogP contribution is 2.12. The summed E-state index contributed by atoms with van der Waals surface area (Å²) in [5.41, 5.74) is 7.98. The first-order valence-corrected chi connectivity index (χ1v) is 9.99. The summed E-state index contributed by atoms with van der Waals surface area (Å²) in [7, 11) is 0. The number of nitrogen functional groups attached to an aromatic ring is 1. The van der Waals surface area contributed by atoms with Crippen molar-refractivity contribution in [1.29, 1.82) is 0 Å². The molecule has 2 aromatic carbocycles. The molecule has 0 radical (unpaired) electrons. The van der Waals surface area contributed by atoms with E-state index in [9.17, 15) is 9.59 Å². The molecule has 0 unspecified atom stereocenters. The largest absolute Gasteiger partial charge is 0.461 e. The van der Waals surface area contributed by atoms with Crippen LogP contribution in [0.15, 0.2) is 60.7 Å². The summed E-state index contributed by atoms with van der Waals surface area (Å²) in [6.45, 7) is 7.62. The Hall–Kier alpha value is -4.12. The Bertz CT molecular complexity index is 1020. The highest BCUT2D eigenvalue weighted by Gasteiger charge is 2.17. The Balaban J connectivity index is 0. The number of anilines is 1. The van der Waals surface area contributed by atoms with Crippen LogP contribution in [-0.2, 0) is 14.3 Å². The van der Waals surface area contributed by atoms with Crippen molar-refractivity contribution in [3.05, 3.63) is 72.1 Å². The number of hydrogen-bond acceptors (Lipinski definition) is 7. The third kappa shape index (κ3) is 11.5. The molecule has 1 aromatic heterocycles. The smallest absolute Gasteiger partial charge is 0.384 e. The molecule has 0 aliphatic rings. The summed E-state index contributed by atoms with van der Waals surface area (Å²) >= 11 is 0. The van der Waals surface area contributed by atoms with Crippen LogP contribution >= 0.6 is 0 Å². The van der Waals surface area contributed by atoms with Crippen LogP contribution in [0.4, 0.5) is 5.69 Å². The van der Waals surface area contributed by atoms with Crippen molar-refractivity contribution in [2.75, 3.05) is 18.9 Å². The van der Waals surface area contributed by atoms with Gasteiger partial charge in [0.1, 0.15) is 0 Å². The molecule has 0 spiro atoms. The van der Waals surface area contributed by atoms with Crippen LogP contribution in [0.3, 0.4) is 0 Å². The summed E-state index contributed by atoms with van der Waals surface area (Å²) in [6, 6.07) is 19.0. The highest BCUT2D eigenvalue weighted by molar-refractivity contribution is 5.88. The highest BCUT2D eigenvalue weighted by atomic mass is 16.5. The van der Waals surface area contributed by atoms with Gasteiger partial charge in [0.05, 0.1) is 24.6 Å². The summed E-state index contributed by atoms with van der Waals surface area (Å²) in [5.74, 6) is 3.78. The van der Waals surface area contributed by atoms with E-state index in [2.05, 4.69) is 26.9 Å². The van der Waals surface area contributed by atoms with Crippen molar-refractivity contribution in [3.8, 4) is 17.5 Å². The Labute approximate surface area is 203 Å². The maximum atomic E-state index is 11.6. The Morgan fingerprint density at radius 1 is 0.941 bits per heavy atom. The third-order valence-corrected chi connectivity index (χ3v) is 3.67. The second kappa shape index (κ2) is 18.5. The molecule has 8 heteroatoms. The van der Waals surface area contributed by atoms with Crippen LogP contribution < -0.4 is 5.73 Å². The van der Waals surface area contributed by atoms with E-state index in [1.807, 2.05) is 60.7 Å². The van der Waals surface area contributed by atoms with Crippen molar-refractivity contribution < 1.29 is 19.1 Å². The Morgan fingerprint density at radius 2 is 1.47 bits per heavy atom. The molecule has 0 amide bonds. The van der Waals surface area contributed by atoms with Crippen molar-refractivity contribution in [2.45, 2.75) is 42.5 Å². The predicted octanol–water partition coefficient (Wildman–Crippen LogP) is 4.87. The maximum absolute atomic E-state index is 11.6. The fraction of sp³-hybridized carbons (Fsp3) is 0.308. The van der Waals surface area contributed by atoms with E-state index in [1.165, 1.54) is 0 Å². The first kappa shape index (κ1) is 32.1. The summed E-state index contributed by atoms with van der Waals surface area (Å²) < 4.78 is 11.0. The third-order valence-electron chi connectivity index (χ3n) is 3.67. The van der Waals surface area contributed by atoms with E-state index < -0.39 is 11.9 Å². The van der Waals surface area contributed by atoms with Gasteiger partial charge in [-0.1, -0.05) is 62.4 Å². The minimum Gasteiger partial charge on any atom is -0.461 e. The van der Waals surface area contributed by atoms with Crippen molar-refractivity contribution in [2.24, 2.45) is 0 Å². The number of nitrogens with two attached hydrogens (primary N) is 1. The fourth-order valence-electron chi connectivity index (χ4n) is 2.25. The molecule has 184 valence electrons. The number of carbonyl (C=O) groups excluding carboxylic acids is 2. The summed E-state index contributed by atoms with van der Waals surface area (Å²) in [4.78, 5) is 21.8. The van der Waals surface area contributed by atoms with Gasteiger partial charge in [-0.05, 0) is 52.0 Å².